The van der Waals surface area contributed by atoms with Crippen LogP contribution in [0, 0.1) is 17.0 Å². The molecule has 0 aliphatic carbocycles. The molecule has 0 atom stereocenters. The number of ether oxygens (including phenoxy) is 1. The summed E-state index contributed by atoms with van der Waals surface area (Å²) in [6.45, 7) is 1.91. The lowest BCUT2D eigenvalue weighted by Gasteiger charge is -2.05. The van der Waals surface area contributed by atoms with Crippen molar-refractivity contribution in [2.24, 2.45) is 0 Å². The fourth-order valence-corrected chi connectivity index (χ4v) is 2.29. The zero-order valence-electron chi connectivity index (χ0n) is 9.34. The van der Waals surface area contributed by atoms with Gasteiger partial charge in [0.25, 0.3) is 5.69 Å². The minimum absolute atomic E-state index is 0.0202. The van der Waals surface area contributed by atoms with Gasteiger partial charge in [0.05, 0.1) is 28.0 Å². The predicted molar refractivity (Wildman–Crippen MR) is 65.5 cm³/mol. The number of aromatic nitrogens is 1. The van der Waals surface area contributed by atoms with Gasteiger partial charge < -0.3 is 4.74 Å². The Bertz CT molecular complexity index is 566. The third kappa shape index (κ3) is 2.26. The highest BCUT2D eigenvalue weighted by atomic mass is 32.1. The van der Waals surface area contributed by atoms with Gasteiger partial charge in [0.1, 0.15) is 5.75 Å². The molecule has 0 saturated carbocycles. The summed E-state index contributed by atoms with van der Waals surface area (Å²) in [5, 5.41) is 11.6. The molecule has 0 N–H and O–H groups in total. The summed E-state index contributed by atoms with van der Waals surface area (Å²) in [4.78, 5) is 15.3. The first-order valence-electron chi connectivity index (χ1n) is 4.87. The van der Waals surface area contributed by atoms with E-state index in [4.69, 9.17) is 4.74 Å². The Labute approximate surface area is 102 Å². The predicted octanol–water partition coefficient (Wildman–Crippen LogP) is 3.04. The van der Waals surface area contributed by atoms with Crippen molar-refractivity contribution in [2.45, 2.75) is 6.92 Å². The minimum atomic E-state index is -0.440. The number of aryl methyl sites for hydroxylation is 1. The maximum Gasteiger partial charge on any atom is 0.273 e. The Morgan fingerprint density at radius 3 is 2.76 bits per heavy atom. The fourth-order valence-electron chi connectivity index (χ4n) is 1.48. The highest BCUT2D eigenvalue weighted by Gasteiger charge is 2.13. The molecular weight excluding hydrogens is 240 g/mol. The van der Waals surface area contributed by atoms with E-state index in [9.17, 15) is 10.1 Å². The molecule has 0 fully saturated rings. The van der Waals surface area contributed by atoms with Crippen LogP contribution in [0.15, 0.2) is 24.4 Å². The highest BCUT2D eigenvalue weighted by molar-refractivity contribution is 7.15. The van der Waals surface area contributed by atoms with Crippen molar-refractivity contribution in [3.63, 3.8) is 0 Å². The zero-order valence-corrected chi connectivity index (χ0v) is 10.2. The molecule has 0 amide bonds. The molecule has 6 heteroatoms. The Hall–Kier alpha value is -1.95. The normalized spacial score (nSPS) is 10.2. The van der Waals surface area contributed by atoms with Crippen LogP contribution in [0.4, 0.5) is 5.69 Å². The van der Waals surface area contributed by atoms with E-state index in [1.165, 1.54) is 30.6 Å². The van der Waals surface area contributed by atoms with E-state index >= 15 is 0 Å². The van der Waals surface area contributed by atoms with Crippen molar-refractivity contribution >= 4 is 17.0 Å². The van der Waals surface area contributed by atoms with Crippen LogP contribution < -0.4 is 4.74 Å². The first kappa shape index (κ1) is 11.5. The molecule has 0 radical (unpaired) electrons. The van der Waals surface area contributed by atoms with Crippen molar-refractivity contribution < 1.29 is 9.66 Å². The number of nitro benzene ring substituents is 1. The number of rotatable bonds is 3. The Morgan fingerprint density at radius 1 is 1.47 bits per heavy atom. The molecule has 0 aliphatic rings. The second-order valence-corrected chi connectivity index (χ2v) is 4.62. The average Bonchev–Trinajstić information content (AvgIpc) is 2.74. The average molecular weight is 250 g/mol. The van der Waals surface area contributed by atoms with Gasteiger partial charge in [-0.2, -0.15) is 0 Å². The number of nitro groups is 1. The standard InChI is InChI=1S/C11H10N2O3S/c1-7-12-6-11(17-7)9-4-3-8(13(14)15)5-10(9)16-2/h3-6H,1-2H3. The van der Waals surface area contributed by atoms with Gasteiger partial charge in [-0.3, -0.25) is 10.1 Å². The van der Waals surface area contributed by atoms with Crippen molar-refractivity contribution in [3.8, 4) is 16.2 Å². The molecule has 0 unspecified atom stereocenters. The molecule has 1 heterocycles. The largest absolute Gasteiger partial charge is 0.496 e. The molecule has 1 aromatic carbocycles. The molecule has 0 saturated heterocycles. The van der Waals surface area contributed by atoms with E-state index in [0.29, 0.717) is 5.75 Å². The number of methoxy groups -OCH3 is 1. The van der Waals surface area contributed by atoms with Crippen LogP contribution in [0.1, 0.15) is 5.01 Å². The van der Waals surface area contributed by atoms with Gasteiger partial charge in [0.15, 0.2) is 0 Å². The maximum absolute atomic E-state index is 10.7. The molecule has 0 aliphatic heterocycles. The first-order valence-corrected chi connectivity index (χ1v) is 5.68. The third-order valence-corrected chi connectivity index (χ3v) is 3.23. The summed E-state index contributed by atoms with van der Waals surface area (Å²) < 4.78 is 5.17. The summed E-state index contributed by atoms with van der Waals surface area (Å²) in [5.41, 5.74) is 0.843. The van der Waals surface area contributed by atoms with Gasteiger partial charge in [-0.1, -0.05) is 0 Å². The lowest BCUT2D eigenvalue weighted by Crippen LogP contribution is -1.91. The van der Waals surface area contributed by atoms with E-state index in [-0.39, 0.29) is 5.69 Å². The second-order valence-electron chi connectivity index (χ2n) is 3.39. The second kappa shape index (κ2) is 4.50. The zero-order chi connectivity index (χ0) is 12.4. The number of nitrogens with zero attached hydrogens (tertiary/aromatic N) is 2. The fraction of sp³-hybridized carbons (Fsp3) is 0.182. The van der Waals surface area contributed by atoms with Crippen LogP contribution in [-0.2, 0) is 0 Å². The molecule has 1 aromatic heterocycles. The van der Waals surface area contributed by atoms with Crippen molar-refractivity contribution in [2.75, 3.05) is 7.11 Å². The molecule has 2 rings (SSSR count). The smallest absolute Gasteiger partial charge is 0.273 e. The monoisotopic (exact) mass is 250 g/mol. The number of hydrogen-bond acceptors (Lipinski definition) is 5. The number of hydrogen-bond donors (Lipinski definition) is 0. The van der Waals surface area contributed by atoms with Gasteiger partial charge in [0, 0.05) is 17.8 Å². The van der Waals surface area contributed by atoms with Crippen molar-refractivity contribution in [1.82, 2.24) is 4.98 Å². The van der Waals surface area contributed by atoms with Gasteiger partial charge >= 0.3 is 0 Å². The number of thiazole rings is 1. The maximum atomic E-state index is 10.7. The van der Waals surface area contributed by atoms with Gasteiger partial charge in [-0.15, -0.1) is 11.3 Å². The first-order chi connectivity index (χ1) is 8.11. The Balaban J connectivity index is 2.51. The minimum Gasteiger partial charge on any atom is -0.496 e. The van der Waals surface area contributed by atoms with Crippen molar-refractivity contribution in [3.05, 3.63) is 39.5 Å². The Morgan fingerprint density at radius 2 is 2.24 bits per heavy atom. The van der Waals surface area contributed by atoms with Crippen LogP contribution in [0.3, 0.4) is 0 Å². The van der Waals surface area contributed by atoms with Crippen LogP contribution >= 0.6 is 11.3 Å². The molecule has 88 valence electrons. The van der Waals surface area contributed by atoms with Crippen LogP contribution in [-0.4, -0.2) is 17.0 Å². The van der Waals surface area contributed by atoms with Crippen LogP contribution in [0.25, 0.3) is 10.4 Å². The highest BCUT2D eigenvalue weighted by Crippen LogP contribution is 2.35. The van der Waals surface area contributed by atoms with Crippen molar-refractivity contribution in [1.29, 1.82) is 0 Å². The van der Waals surface area contributed by atoms with Gasteiger partial charge in [-0.25, -0.2) is 4.98 Å². The SMILES string of the molecule is COc1cc([N+](=O)[O-])ccc1-c1cnc(C)s1. The molecule has 0 spiro atoms. The summed E-state index contributed by atoms with van der Waals surface area (Å²) in [5.74, 6) is 0.489. The van der Waals surface area contributed by atoms with Crippen LogP contribution in [0.2, 0.25) is 0 Å². The van der Waals surface area contributed by atoms with E-state index in [1.807, 2.05) is 6.92 Å². The van der Waals surface area contributed by atoms with E-state index in [1.54, 1.807) is 12.3 Å². The summed E-state index contributed by atoms with van der Waals surface area (Å²) in [7, 11) is 1.50. The summed E-state index contributed by atoms with van der Waals surface area (Å²) in [6.07, 6.45) is 1.74. The molecule has 17 heavy (non-hydrogen) atoms. The lowest BCUT2D eigenvalue weighted by molar-refractivity contribution is -0.384. The van der Waals surface area contributed by atoms with Gasteiger partial charge in [-0.05, 0) is 13.0 Å². The van der Waals surface area contributed by atoms with E-state index < -0.39 is 4.92 Å². The van der Waals surface area contributed by atoms with E-state index in [2.05, 4.69) is 4.98 Å². The van der Waals surface area contributed by atoms with Crippen LogP contribution in [0.5, 0.6) is 5.75 Å². The number of benzene rings is 1. The Kier molecular flexibility index (Phi) is 3.06. The summed E-state index contributed by atoms with van der Waals surface area (Å²) >= 11 is 1.52. The number of non-ortho nitro benzene ring substituents is 1. The summed E-state index contributed by atoms with van der Waals surface area (Å²) in [6, 6.07) is 4.57. The molecule has 0 bridgehead atoms. The molecule has 5 nitrogen and oxygen atoms in total. The quantitative estimate of drug-likeness (QED) is 0.620. The third-order valence-electron chi connectivity index (χ3n) is 2.28. The van der Waals surface area contributed by atoms with Gasteiger partial charge in [0.2, 0.25) is 0 Å². The lowest BCUT2D eigenvalue weighted by atomic mass is 10.1. The molecular formula is C11H10N2O3S. The topological polar surface area (TPSA) is 65.3 Å². The van der Waals surface area contributed by atoms with E-state index in [0.717, 1.165) is 15.4 Å². The molecule has 2 aromatic rings.